The van der Waals surface area contributed by atoms with Crippen LogP contribution < -0.4 is 10.9 Å². The first-order valence-corrected chi connectivity index (χ1v) is 11.7. The highest BCUT2D eigenvalue weighted by atomic mass is 16.1. The molecule has 1 aliphatic carbocycles. The van der Waals surface area contributed by atoms with Gasteiger partial charge in [-0.3, -0.25) is 9.48 Å². The molecule has 3 heterocycles. The van der Waals surface area contributed by atoms with Crippen LogP contribution >= 0.6 is 0 Å². The Kier molecular flexibility index (Phi) is 5.65. The fraction of sp³-hybridized carbons (Fsp3) is 0.400. The highest BCUT2D eigenvalue weighted by molar-refractivity contribution is 5.91. The predicted molar refractivity (Wildman–Crippen MR) is 130 cm³/mol. The van der Waals surface area contributed by atoms with Crippen LogP contribution in [0, 0.1) is 30.1 Å². The number of anilines is 2. The molecule has 174 valence electrons. The van der Waals surface area contributed by atoms with Gasteiger partial charge in [-0.2, -0.15) is 10.4 Å². The van der Waals surface area contributed by atoms with E-state index in [4.69, 9.17) is 5.10 Å². The highest BCUT2D eigenvalue weighted by Crippen LogP contribution is 2.43. The maximum atomic E-state index is 12.8. The van der Waals surface area contributed by atoms with Crippen LogP contribution in [-0.4, -0.2) is 29.8 Å². The summed E-state index contributed by atoms with van der Waals surface area (Å²) >= 11 is 0. The number of hydrogen-bond acceptors (Lipinski definition) is 6. The maximum absolute atomic E-state index is 12.8. The lowest BCUT2D eigenvalue weighted by atomic mass is 9.92. The molecular weight excluding hydrogens is 428 g/mol. The van der Waals surface area contributed by atoms with Crippen molar-refractivity contribution in [3.8, 4) is 6.07 Å². The lowest BCUT2D eigenvalue weighted by Gasteiger charge is -2.23. The molecule has 2 N–H and O–H groups in total. The summed E-state index contributed by atoms with van der Waals surface area (Å²) in [6, 6.07) is 10.4. The van der Waals surface area contributed by atoms with E-state index in [0.29, 0.717) is 29.5 Å². The van der Waals surface area contributed by atoms with Crippen molar-refractivity contribution >= 4 is 22.4 Å². The number of rotatable bonds is 8. The second-order valence-electron chi connectivity index (χ2n) is 9.40. The molecule has 1 saturated carbocycles. The molecule has 1 unspecified atom stereocenters. The number of nitrogens with zero attached hydrogens (tertiary/aromatic N) is 6. The maximum Gasteiger partial charge on any atom is 0.261 e. The Morgan fingerprint density at radius 3 is 2.76 bits per heavy atom. The van der Waals surface area contributed by atoms with Crippen LogP contribution in [0.25, 0.3) is 10.9 Å². The molecule has 0 spiro atoms. The summed E-state index contributed by atoms with van der Waals surface area (Å²) in [6.45, 7) is 6.41. The first kappa shape index (κ1) is 21.9. The molecule has 3 aromatic heterocycles. The summed E-state index contributed by atoms with van der Waals surface area (Å²) in [6.07, 6.45) is 7.77. The molecule has 1 aromatic carbocycles. The molecule has 1 fully saturated rings. The Balaban J connectivity index is 1.52. The van der Waals surface area contributed by atoms with Gasteiger partial charge in [-0.15, -0.1) is 5.10 Å². The van der Waals surface area contributed by atoms with Gasteiger partial charge in [-0.1, -0.05) is 25.1 Å². The number of nitriles is 1. The Morgan fingerprint density at radius 1 is 1.29 bits per heavy atom. The zero-order valence-electron chi connectivity index (χ0n) is 19.6. The van der Waals surface area contributed by atoms with E-state index in [2.05, 4.69) is 59.6 Å². The Bertz CT molecular complexity index is 1410. The normalized spacial score (nSPS) is 15.4. The minimum absolute atomic E-state index is 0.0246. The molecule has 0 bridgehead atoms. The van der Waals surface area contributed by atoms with Crippen molar-refractivity contribution in [3.63, 3.8) is 0 Å². The van der Waals surface area contributed by atoms with Gasteiger partial charge in [0, 0.05) is 18.1 Å². The number of aromatic nitrogens is 6. The van der Waals surface area contributed by atoms with Gasteiger partial charge in [0.25, 0.3) is 5.56 Å². The molecule has 0 amide bonds. The highest BCUT2D eigenvalue weighted by Gasteiger charge is 2.34. The number of aromatic amines is 1. The van der Waals surface area contributed by atoms with Crippen LogP contribution in [0.15, 0.2) is 47.7 Å². The van der Waals surface area contributed by atoms with Crippen LogP contribution in [0.4, 0.5) is 11.5 Å². The Hall–Kier alpha value is -3.93. The molecular formula is C25H28N8O. The lowest BCUT2D eigenvalue weighted by molar-refractivity contribution is 0.393. The first-order chi connectivity index (χ1) is 16.5. The molecule has 5 rings (SSSR count). The van der Waals surface area contributed by atoms with Gasteiger partial charge in [0.15, 0.2) is 5.82 Å². The fourth-order valence-electron chi connectivity index (χ4n) is 4.86. The lowest BCUT2D eigenvalue weighted by Crippen LogP contribution is -2.18. The Morgan fingerprint density at radius 2 is 2.12 bits per heavy atom. The minimum Gasteiger partial charge on any atom is -0.338 e. The summed E-state index contributed by atoms with van der Waals surface area (Å²) < 4.78 is 3.76. The molecule has 9 heteroatoms. The van der Waals surface area contributed by atoms with E-state index in [9.17, 15) is 10.1 Å². The van der Waals surface area contributed by atoms with Crippen LogP contribution in [-0.2, 0) is 0 Å². The molecule has 0 saturated heterocycles. The number of nitrogens with one attached hydrogen (secondary N) is 2. The van der Waals surface area contributed by atoms with Crippen molar-refractivity contribution in [2.24, 2.45) is 11.8 Å². The van der Waals surface area contributed by atoms with Crippen molar-refractivity contribution in [2.75, 3.05) is 5.32 Å². The third-order valence-electron chi connectivity index (χ3n) is 6.62. The largest absolute Gasteiger partial charge is 0.338 e. The molecule has 4 aromatic rings. The molecule has 9 nitrogen and oxygen atoms in total. The summed E-state index contributed by atoms with van der Waals surface area (Å²) in [5.74, 6) is 1.27. The fourth-order valence-corrected chi connectivity index (χ4v) is 4.86. The van der Waals surface area contributed by atoms with E-state index >= 15 is 0 Å². The van der Waals surface area contributed by atoms with Crippen LogP contribution in [0.5, 0.6) is 0 Å². The molecule has 1 aliphatic rings. The van der Waals surface area contributed by atoms with E-state index in [1.165, 1.54) is 5.56 Å². The number of aryl methyl sites for hydroxylation is 1. The van der Waals surface area contributed by atoms with E-state index in [-0.39, 0.29) is 17.6 Å². The van der Waals surface area contributed by atoms with E-state index in [1.807, 2.05) is 27.7 Å². The van der Waals surface area contributed by atoms with Crippen molar-refractivity contribution in [1.82, 2.24) is 29.8 Å². The number of hydrogen-bond donors (Lipinski definition) is 2. The van der Waals surface area contributed by atoms with Crippen molar-refractivity contribution in [2.45, 2.75) is 52.1 Å². The topological polar surface area (TPSA) is 117 Å². The number of H-pyrrole nitrogens is 1. The second kappa shape index (κ2) is 8.78. The summed E-state index contributed by atoms with van der Waals surface area (Å²) in [5, 5.41) is 26.2. The van der Waals surface area contributed by atoms with Gasteiger partial charge in [0.1, 0.15) is 5.39 Å². The quantitative estimate of drug-likeness (QED) is 0.404. The van der Waals surface area contributed by atoms with Gasteiger partial charge in [-0.25, -0.2) is 4.68 Å². The summed E-state index contributed by atoms with van der Waals surface area (Å²) in [4.78, 5) is 15.5. The molecule has 0 radical (unpaired) electrons. The van der Waals surface area contributed by atoms with Crippen molar-refractivity contribution in [3.05, 3.63) is 64.3 Å². The average Bonchev–Trinajstić information content (AvgIpc) is 3.38. The Labute approximate surface area is 197 Å². The van der Waals surface area contributed by atoms with E-state index in [0.717, 1.165) is 29.6 Å². The monoisotopic (exact) mass is 456 g/mol. The second-order valence-corrected chi connectivity index (χ2v) is 9.40. The zero-order valence-corrected chi connectivity index (χ0v) is 19.6. The van der Waals surface area contributed by atoms with Crippen molar-refractivity contribution in [1.29, 1.82) is 5.26 Å². The average molecular weight is 457 g/mol. The number of pyridine rings is 1. The molecule has 34 heavy (non-hydrogen) atoms. The van der Waals surface area contributed by atoms with Gasteiger partial charge in [-0.05, 0) is 60.9 Å². The third kappa shape index (κ3) is 3.96. The zero-order chi connectivity index (χ0) is 23.8. The van der Waals surface area contributed by atoms with E-state index < -0.39 is 0 Å². The van der Waals surface area contributed by atoms with Crippen LogP contribution in [0.1, 0.15) is 56.3 Å². The van der Waals surface area contributed by atoms with Gasteiger partial charge in [0.2, 0.25) is 0 Å². The summed E-state index contributed by atoms with van der Waals surface area (Å²) in [5.41, 5.74) is 3.68. The molecule has 0 aliphatic heterocycles. The third-order valence-corrected chi connectivity index (χ3v) is 6.62. The smallest absolute Gasteiger partial charge is 0.261 e. The van der Waals surface area contributed by atoms with Gasteiger partial charge >= 0.3 is 0 Å². The predicted octanol–water partition coefficient (Wildman–Crippen LogP) is 4.48. The van der Waals surface area contributed by atoms with Gasteiger partial charge in [0.05, 0.1) is 36.3 Å². The van der Waals surface area contributed by atoms with Crippen LogP contribution in [0.2, 0.25) is 0 Å². The summed E-state index contributed by atoms with van der Waals surface area (Å²) in [7, 11) is 0. The number of fused-ring (bicyclic) bond motifs is 1. The van der Waals surface area contributed by atoms with E-state index in [1.54, 1.807) is 12.4 Å². The minimum atomic E-state index is -0.197. The number of benzene rings is 1. The van der Waals surface area contributed by atoms with Crippen LogP contribution in [0.3, 0.4) is 0 Å². The SMILES string of the molecule is Cc1cc(Nc2nn(C(CC#N)C3CC3)c3cc[nH]c(=O)c23)ccc1[C@@H](C(C)C)n1ccnn1. The van der Waals surface area contributed by atoms with Crippen molar-refractivity contribution < 1.29 is 0 Å². The molecule has 2 atom stereocenters. The standard InChI is InChI=1S/C25H28N8O/c1-15(2)23(32-13-12-28-31-32)19-7-6-18(14-16(19)3)29-24-22-21(9-11-27-25(22)34)33(30-24)20(8-10-26)17-4-5-17/h6-7,9,11-15,17,20,23H,4-5,8H2,1-3H3,(H,27,34)(H,29,30)/t20?,23-/m1/s1. The van der Waals surface area contributed by atoms with Gasteiger partial charge < -0.3 is 10.3 Å². The first-order valence-electron chi connectivity index (χ1n) is 11.7.